The molecule has 1 heterocycles. The van der Waals surface area contributed by atoms with Gasteiger partial charge in [-0.1, -0.05) is 18.2 Å². The van der Waals surface area contributed by atoms with Crippen LogP contribution in [0.25, 0.3) is 0 Å². The fourth-order valence-corrected chi connectivity index (χ4v) is 1.74. The first kappa shape index (κ1) is 9.39. The van der Waals surface area contributed by atoms with Crippen LogP contribution in [0.3, 0.4) is 0 Å². The van der Waals surface area contributed by atoms with E-state index in [0.717, 1.165) is 0 Å². The van der Waals surface area contributed by atoms with Gasteiger partial charge < -0.3 is 9.84 Å². The van der Waals surface area contributed by atoms with Gasteiger partial charge in [-0.3, -0.25) is 0 Å². The molecule has 0 bridgehead atoms. The molecular weight excluding hydrogens is 200 g/mol. The molecule has 0 aliphatic carbocycles. The van der Waals surface area contributed by atoms with Crippen molar-refractivity contribution in [2.45, 2.75) is 12.0 Å². The van der Waals surface area contributed by atoms with Crippen molar-refractivity contribution in [1.82, 2.24) is 0 Å². The van der Waals surface area contributed by atoms with Gasteiger partial charge in [0.05, 0.1) is 6.61 Å². The highest BCUT2D eigenvalue weighted by Crippen LogP contribution is 2.36. The van der Waals surface area contributed by atoms with Gasteiger partial charge >= 0.3 is 0 Å². The van der Waals surface area contributed by atoms with E-state index in [4.69, 9.17) is 16.3 Å². The van der Waals surface area contributed by atoms with E-state index in [0.29, 0.717) is 24.3 Å². The van der Waals surface area contributed by atoms with Crippen LogP contribution in [0.4, 0.5) is 0 Å². The van der Waals surface area contributed by atoms with E-state index < -0.39 is 5.60 Å². The first-order valence-electron chi connectivity index (χ1n) is 4.34. The average molecular weight is 209 g/mol. The van der Waals surface area contributed by atoms with Crippen molar-refractivity contribution >= 4 is 11.6 Å². The second kappa shape index (κ2) is 3.53. The maximum Gasteiger partial charge on any atom is 0.158 e. The Morgan fingerprint density at radius 3 is 3.00 bits per heavy atom. The Kier molecular flexibility index (Phi) is 2.37. The monoisotopic (exact) mass is 208 g/mol. The van der Waals surface area contributed by atoms with Gasteiger partial charge in [-0.25, -0.2) is 0 Å². The van der Waals surface area contributed by atoms with Gasteiger partial charge in [0.2, 0.25) is 0 Å². The Hall–Kier alpha value is -1.17. The van der Waals surface area contributed by atoms with Crippen molar-refractivity contribution < 1.29 is 9.84 Å². The Bertz CT molecular complexity index is 405. The van der Waals surface area contributed by atoms with Crippen LogP contribution in [0.2, 0.25) is 0 Å². The lowest BCUT2D eigenvalue weighted by molar-refractivity contribution is 0.0513. The molecule has 1 unspecified atom stereocenters. The second-order valence-corrected chi connectivity index (χ2v) is 3.36. The van der Waals surface area contributed by atoms with Gasteiger partial charge in [-0.05, 0) is 23.6 Å². The minimum Gasteiger partial charge on any atom is -0.493 e. The molecule has 0 spiro atoms. The molecule has 1 atom stereocenters. The number of halogens is 1. The normalized spacial score (nSPS) is 24.1. The number of benzene rings is 1. The van der Waals surface area contributed by atoms with Crippen LogP contribution in [0.5, 0.6) is 5.75 Å². The second-order valence-electron chi connectivity index (χ2n) is 3.17. The highest BCUT2D eigenvalue weighted by molar-refractivity contribution is 6.30. The molecule has 0 saturated carbocycles. The predicted molar refractivity (Wildman–Crippen MR) is 54.1 cm³/mol. The zero-order valence-electron chi connectivity index (χ0n) is 7.46. The van der Waals surface area contributed by atoms with E-state index in [2.05, 4.69) is 11.3 Å². The Balaban J connectivity index is 2.53. The molecule has 1 N–H and O–H groups in total. The molecule has 3 heteroatoms. The lowest BCUT2D eigenvalue weighted by Crippen LogP contribution is -2.31. The Morgan fingerprint density at radius 2 is 2.21 bits per heavy atom. The summed E-state index contributed by atoms with van der Waals surface area (Å²) in [6, 6.07) is 7.32. The summed E-state index contributed by atoms with van der Waals surface area (Å²) in [7, 11) is 0. The third-order valence-electron chi connectivity index (χ3n) is 2.31. The number of para-hydroxylation sites is 1. The van der Waals surface area contributed by atoms with Crippen molar-refractivity contribution in [1.29, 1.82) is 0 Å². The third kappa shape index (κ3) is 1.45. The van der Waals surface area contributed by atoms with Gasteiger partial charge in [-0.2, -0.15) is 0 Å². The maximum absolute atomic E-state index is 10.2. The molecular formula is C11H9ClO2. The Morgan fingerprint density at radius 1 is 1.43 bits per heavy atom. The molecule has 1 aromatic carbocycles. The minimum absolute atomic E-state index is 0.448. The lowest BCUT2D eigenvalue weighted by Gasteiger charge is -2.29. The van der Waals surface area contributed by atoms with E-state index in [9.17, 15) is 5.11 Å². The zero-order valence-corrected chi connectivity index (χ0v) is 8.21. The fourth-order valence-electron chi connectivity index (χ4n) is 1.59. The van der Waals surface area contributed by atoms with E-state index in [1.54, 1.807) is 6.07 Å². The van der Waals surface area contributed by atoms with Crippen LogP contribution < -0.4 is 4.74 Å². The molecule has 14 heavy (non-hydrogen) atoms. The summed E-state index contributed by atoms with van der Waals surface area (Å²) in [4.78, 5) is 0. The van der Waals surface area contributed by atoms with Crippen molar-refractivity contribution in [3.63, 3.8) is 0 Å². The lowest BCUT2D eigenvalue weighted by atomic mass is 9.89. The van der Waals surface area contributed by atoms with Crippen LogP contribution in [-0.4, -0.2) is 11.7 Å². The highest BCUT2D eigenvalue weighted by Gasteiger charge is 2.33. The molecule has 0 aromatic heterocycles. The number of fused-ring (bicyclic) bond motifs is 1. The topological polar surface area (TPSA) is 29.5 Å². The summed E-state index contributed by atoms with van der Waals surface area (Å²) in [6.45, 7) is 0.457. The molecule has 2 nitrogen and oxygen atoms in total. The van der Waals surface area contributed by atoms with Crippen molar-refractivity contribution in [2.75, 3.05) is 6.61 Å². The number of hydrogen-bond acceptors (Lipinski definition) is 2. The first-order chi connectivity index (χ1) is 6.76. The zero-order chi connectivity index (χ0) is 10.0. The van der Waals surface area contributed by atoms with Crippen molar-refractivity contribution in [2.24, 2.45) is 0 Å². The largest absolute Gasteiger partial charge is 0.493 e. The summed E-state index contributed by atoms with van der Waals surface area (Å²) in [5, 5.41) is 12.4. The van der Waals surface area contributed by atoms with Gasteiger partial charge in [0.15, 0.2) is 5.60 Å². The van der Waals surface area contributed by atoms with Crippen LogP contribution in [0, 0.1) is 11.3 Å². The number of aliphatic hydroxyl groups is 1. The van der Waals surface area contributed by atoms with Gasteiger partial charge in [-0.15, -0.1) is 0 Å². The van der Waals surface area contributed by atoms with Gasteiger partial charge in [0.25, 0.3) is 0 Å². The summed E-state index contributed by atoms with van der Waals surface area (Å²) < 4.78 is 5.39. The van der Waals surface area contributed by atoms with E-state index in [1.807, 2.05) is 18.2 Å². The highest BCUT2D eigenvalue weighted by atomic mass is 35.5. The smallest absolute Gasteiger partial charge is 0.158 e. The van der Waals surface area contributed by atoms with Crippen LogP contribution in [0.15, 0.2) is 24.3 Å². The molecule has 0 saturated heterocycles. The van der Waals surface area contributed by atoms with Gasteiger partial charge in [0.1, 0.15) is 5.75 Å². The first-order valence-corrected chi connectivity index (χ1v) is 4.71. The molecule has 72 valence electrons. The standard InChI is InChI=1S/C11H9ClO2/c12-7-5-11(13)6-8-14-10-4-2-1-3-9(10)11/h1-4,13H,6,8H2. The number of rotatable bonds is 0. The summed E-state index contributed by atoms with van der Waals surface area (Å²) in [6.07, 6.45) is 0.448. The molecule has 0 fully saturated rings. The molecule has 0 radical (unpaired) electrons. The van der Waals surface area contributed by atoms with Crippen molar-refractivity contribution in [3.8, 4) is 17.0 Å². The van der Waals surface area contributed by atoms with Crippen molar-refractivity contribution in [3.05, 3.63) is 29.8 Å². The van der Waals surface area contributed by atoms with Crippen LogP contribution in [0.1, 0.15) is 12.0 Å². The molecule has 1 aromatic rings. The summed E-state index contributed by atoms with van der Waals surface area (Å²) in [5.41, 5.74) is -0.462. The summed E-state index contributed by atoms with van der Waals surface area (Å²) >= 11 is 5.33. The third-order valence-corrected chi connectivity index (χ3v) is 2.40. The fraction of sp³-hybridized carbons (Fsp3) is 0.273. The van der Waals surface area contributed by atoms with E-state index in [1.165, 1.54) is 0 Å². The SMILES string of the molecule is OC1(C#CCl)CCOc2ccccc21. The number of hydrogen-bond donors (Lipinski definition) is 1. The average Bonchev–Trinajstić information content (AvgIpc) is 2.19. The molecule has 1 aliphatic heterocycles. The maximum atomic E-state index is 10.2. The number of ether oxygens (including phenoxy) is 1. The predicted octanol–water partition coefficient (Wildman–Crippen LogP) is 1.86. The molecule has 1 aliphatic rings. The van der Waals surface area contributed by atoms with E-state index in [-0.39, 0.29) is 0 Å². The quantitative estimate of drug-likeness (QED) is 0.660. The van der Waals surface area contributed by atoms with Gasteiger partial charge in [0, 0.05) is 17.4 Å². The molecule has 0 amide bonds. The molecule has 2 rings (SSSR count). The van der Waals surface area contributed by atoms with Crippen LogP contribution >= 0.6 is 11.6 Å². The Labute approximate surface area is 87.5 Å². The minimum atomic E-state index is -1.16. The summed E-state index contributed by atoms with van der Waals surface area (Å²) in [5.74, 6) is 3.29. The van der Waals surface area contributed by atoms with Crippen LogP contribution in [-0.2, 0) is 5.60 Å². The van der Waals surface area contributed by atoms with E-state index >= 15 is 0 Å².